The second-order valence-electron chi connectivity index (χ2n) is 12.9. The average molecular weight is 463 g/mol. The minimum atomic E-state index is -0.110. The van der Waals surface area contributed by atoms with Crippen LogP contribution in [0.2, 0.25) is 0 Å². The van der Waals surface area contributed by atoms with E-state index in [0.717, 1.165) is 74.9 Å². The predicted molar refractivity (Wildman–Crippen MR) is 136 cm³/mol. The summed E-state index contributed by atoms with van der Waals surface area (Å²) in [6, 6.07) is 0. The van der Waals surface area contributed by atoms with Crippen molar-refractivity contribution in [1.29, 1.82) is 0 Å². The highest BCUT2D eigenvalue weighted by Crippen LogP contribution is 2.67. The van der Waals surface area contributed by atoms with Crippen LogP contribution >= 0.6 is 0 Å². The van der Waals surface area contributed by atoms with Crippen LogP contribution in [0.4, 0.5) is 0 Å². The summed E-state index contributed by atoms with van der Waals surface area (Å²) in [7, 11) is 0. The highest BCUT2D eigenvalue weighted by molar-refractivity contribution is 5.09. The SMILES string of the molecule is CC.CC12CCC3[C@@H](CC[C@@H]4C[C@@H](O)CC[C@]34C)C1CCC2CCCC(O)C1CCOCC1. The molecule has 3 nitrogen and oxygen atoms in total. The zero-order valence-electron chi connectivity index (χ0n) is 22.2. The third-order valence-corrected chi connectivity index (χ3v) is 11.7. The molecule has 9 atom stereocenters. The van der Waals surface area contributed by atoms with Crippen LogP contribution in [0.15, 0.2) is 0 Å². The number of aliphatic hydroxyl groups is 2. The van der Waals surface area contributed by atoms with Gasteiger partial charge in [-0.15, -0.1) is 0 Å². The Balaban J connectivity index is 0.00000126. The minimum Gasteiger partial charge on any atom is -0.393 e. The molecule has 5 rings (SSSR count). The Kier molecular flexibility index (Phi) is 8.55. The molecule has 4 saturated carbocycles. The summed E-state index contributed by atoms with van der Waals surface area (Å²) in [5.41, 5.74) is 1.04. The number of ether oxygens (including phenoxy) is 1. The molecule has 0 aromatic carbocycles. The van der Waals surface area contributed by atoms with E-state index in [0.29, 0.717) is 16.7 Å². The van der Waals surface area contributed by atoms with Gasteiger partial charge in [0.15, 0.2) is 0 Å². The van der Waals surface area contributed by atoms with Crippen LogP contribution in [-0.2, 0) is 4.74 Å². The average Bonchev–Trinajstić information content (AvgIpc) is 3.17. The summed E-state index contributed by atoms with van der Waals surface area (Å²) in [5, 5.41) is 20.9. The molecule has 5 unspecified atom stereocenters. The second kappa shape index (κ2) is 10.9. The number of fused-ring (bicyclic) bond motifs is 5. The molecule has 5 aliphatic rings. The van der Waals surface area contributed by atoms with Crippen molar-refractivity contribution >= 4 is 0 Å². The van der Waals surface area contributed by atoms with Crippen LogP contribution in [0.25, 0.3) is 0 Å². The van der Waals surface area contributed by atoms with Crippen molar-refractivity contribution in [2.45, 2.75) is 130 Å². The molecule has 0 aromatic rings. The van der Waals surface area contributed by atoms with Crippen molar-refractivity contribution in [3.8, 4) is 0 Å². The fourth-order valence-corrected chi connectivity index (χ4v) is 9.73. The Morgan fingerprint density at radius 1 is 0.848 bits per heavy atom. The third-order valence-electron chi connectivity index (χ3n) is 11.7. The Labute approximate surface area is 204 Å². The zero-order valence-corrected chi connectivity index (χ0v) is 22.2. The molecule has 3 heteroatoms. The minimum absolute atomic E-state index is 0.0316. The number of hydrogen-bond donors (Lipinski definition) is 2. The molecule has 0 amide bonds. The molecule has 1 aliphatic heterocycles. The van der Waals surface area contributed by atoms with Crippen molar-refractivity contribution in [2.75, 3.05) is 13.2 Å². The molecule has 2 N–H and O–H groups in total. The molecule has 192 valence electrons. The van der Waals surface area contributed by atoms with Gasteiger partial charge in [-0.2, -0.15) is 0 Å². The Morgan fingerprint density at radius 3 is 2.30 bits per heavy atom. The van der Waals surface area contributed by atoms with Crippen molar-refractivity contribution in [2.24, 2.45) is 46.3 Å². The molecule has 0 spiro atoms. The topological polar surface area (TPSA) is 49.7 Å². The van der Waals surface area contributed by atoms with Crippen LogP contribution in [0.1, 0.15) is 118 Å². The maximum Gasteiger partial charge on any atom is 0.0570 e. The van der Waals surface area contributed by atoms with Crippen molar-refractivity contribution in [3.63, 3.8) is 0 Å². The largest absolute Gasteiger partial charge is 0.393 e. The smallest absolute Gasteiger partial charge is 0.0570 e. The van der Waals surface area contributed by atoms with Gasteiger partial charge in [0.25, 0.3) is 0 Å². The maximum absolute atomic E-state index is 10.7. The maximum atomic E-state index is 10.7. The molecular weight excluding hydrogens is 408 g/mol. The van der Waals surface area contributed by atoms with E-state index in [2.05, 4.69) is 13.8 Å². The predicted octanol–water partition coefficient (Wildman–Crippen LogP) is 6.99. The lowest BCUT2D eigenvalue weighted by molar-refractivity contribution is -0.127. The zero-order chi connectivity index (χ0) is 23.6. The molecule has 4 aliphatic carbocycles. The van der Waals surface area contributed by atoms with Gasteiger partial charge in [0.05, 0.1) is 12.2 Å². The van der Waals surface area contributed by atoms with Crippen LogP contribution in [0.5, 0.6) is 0 Å². The highest BCUT2D eigenvalue weighted by atomic mass is 16.5. The Bertz CT molecular complexity index is 616. The summed E-state index contributed by atoms with van der Waals surface area (Å²) in [5.74, 6) is 4.89. The normalized spacial score (nSPS) is 46.4. The van der Waals surface area contributed by atoms with E-state index >= 15 is 0 Å². The number of rotatable bonds is 5. The Hall–Kier alpha value is -0.120. The summed E-state index contributed by atoms with van der Waals surface area (Å²) in [6.07, 6.45) is 17.4. The standard InChI is InChI=1S/C28H48O3.C2H6/c1-27-15-11-25-23(8-6-21-18-22(29)10-14-28(21,25)2)24(27)9-7-20(27)4-3-5-26(30)19-12-16-31-17-13-19;1-2/h19-26,29-30H,3-18H2,1-2H3;1-2H3/t20?,21-,22+,23+,24?,25?,26?,27?,28+;/m1./s1. The quantitative estimate of drug-likeness (QED) is 0.463. The van der Waals surface area contributed by atoms with E-state index in [-0.39, 0.29) is 12.2 Å². The molecule has 0 bridgehead atoms. The van der Waals surface area contributed by atoms with Crippen molar-refractivity contribution < 1.29 is 14.9 Å². The monoisotopic (exact) mass is 462 g/mol. The van der Waals surface area contributed by atoms with Gasteiger partial charge in [-0.1, -0.05) is 34.1 Å². The first-order valence-corrected chi connectivity index (χ1v) is 14.9. The van der Waals surface area contributed by atoms with Gasteiger partial charge < -0.3 is 14.9 Å². The van der Waals surface area contributed by atoms with Crippen LogP contribution < -0.4 is 0 Å². The lowest BCUT2D eigenvalue weighted by Crippen LogP contribution is -2.53. The van der Waals surface area contributed by atoms with E-state index in [1.807, 2.05) is 13.8 Å². The highest BCUT2D eigenvalue weighted by Gasteiger charge is 2.59. The molecule has 1 heterocycles. The second-order valence-corrected chi connectivity index (χ2v) is 12.9. The van der Waals surface area contributed by atoms with Crippen LogP contribution in [0.3, 0.4) is 0 Å². The molecule has 0 aromatic heterocycles. The first-order chi connectivity index (χ1) is 15.9. The molecule has 0 radical (unpaired) electrons. The lowest BCUT2D eigenvalue weighted by atomic mass is 9.44. The molecular formula is C30H54O3. The van der Waals surface area contributed by atoms with Crippen LogP contribution in [0, 0.1) is 46.3 Å². The van der Waals surface area contributed by atoms with E-state index in [1.54, 1.807) is 0 Å². The summed E-state index contributed by atoms with van der Waals surface area (Å²) in [4.78, 5) is 0. The first-order valence-electron chi connectivity index (χ1n) is 14.9. The van der Waals surface area contributed by atoms with E-state index in [1.165, 1.54) is 57.8 Å². The van der Waals surface area contributed by atoms with Gasteiger partial charge in [0.2, 0.25) is 0 Å². The Morgan fingerprint density at radius 2 is 1.55 bits per heavy atom. The van der Waals surface area contributed by atoms with Gasteiger partial charge in [0.1, 0.15) is 0 Å². The van der Waals surface area contributed by atoms with Crippen molar-refractivity contribution in [3.05, 3.63) is 0 Å². The van der Waals surface area contributed by atoms with E-state index in [4.69, 9.17) is 4.74 Å². The first kappa shape index (κ1) is 26.0. The lowest BCUT2D eigenvalue weighted by Gasteiger charge is -2.61. The van der Waals surface area contributed by atoms with Gasteiger partial charge in [0, 0.05) is 13.2 Å². The summed E-state index contributed by atoms with van der Waals surface area (Å²) >= 11 is 0. The number of hydrogen-bond acceptors (Lipinski definition) is 3. The van der Waals surface area contributed by atoms with Crippen molar-refractivity contribution in [1.82, 2.24) is 0 Å². The van der Waals surface area contributed by atoms with Gasteiger partial charge in [-0.3, -0.25) is 0 Å². The number of aliphatic hydroxyl groups excluding tert-OH is 2. The molecule has 5 fully saturated rings. The fraction of sp³-hybridized carbons (Fsp3) is 1.00. The molecule has 33 heavy (non-hydrogen) atoms. The summed E-state index contributed by atoms with van der Waals surface area (Å²) in [6.45, 7) is 10.9. The van der Waals surface area contributed by atoms with Gasteiger partial charge >= 0.3 is 0 Å². The van der Waals surface area contributed by atoms with Gasteiger partial charge in [-0.25, -0.2) is 0 Å². The summed E-state index contributed by atoms with van der Waals surface area (Å²) < 4.78 is 5.47. The molecule has 1 saturated heterocycles. The van der Waals surface area contributed by atoms with Crippen LogP contribution in [-0.4, -0.2) is 35.6 Å². The fourth-order valence-electron chi connectivity index (χ4n) is 9.73. The van der Waals surface area contributed by atoms with Gasteiger partial charge in [-0.05, 0) is 130 Å². The van der Waals surface area contributed by atoms with E-state index in [9.17, 15) is 10.2 Å². The van der Waals surface area contributed by atoms with E-state index < -0.39 is 0 Å². The third kappa shape index (κ3) is 4.94.